The summed E-state index contributed by atoms with van der Waals surface area (Å²) >= 11 is 0. The normalized spacial score (nSPS) is 21.7. The number of likely N-dealkylation sites (N-methyl/N-ethyl adjacent to an activating group) is 1. The molecule has 1 fully saturated rings. The van der Waals surface area contributed by atoms with E-state index in [4.69, 9.17) is 5.11 Å². The number of rotatable bonds is 5. The van der Waals surface area contributed by atoms with Crippen molar-refractivity contribution in [3.8, 4) is 0 Å². The summed E-state index contributed by atoms with van der Waals surface area (Å²) < 4.78 is 0. The van der Waals surface area contributed by atoms with E-state index < -0.39 is 5.97 Å². The lowest BCUT2D eigenvalue weighted by Crippen LogP contribution is -2.56. The number of benzene rings is 1. The minimum atomic E-state index is -0.798. The van der Waals surface area contributed by atoms with E-state index in [1.165, 1.54) is 11.1 Å². The van der Waals surface area contributed by atoms with Crippen LogP contribution in [0.4, 0.5) is 10.5 Å². The van der Waals surface area contributed by atoms with Crippen molar-refractivity contribution in [2.24, 2.45) is 0 Å². The Morgan fingerprint density at radius 2 is 2.00 bits per heavy atom. The van der Waals surface area contributed by atoms with Crippen LogP contribution < -0.4 is 10.2 Å². The predicted molar refractivity (Wildman–Crippen MR) is 106 cm³/mol. The third-order valence-electron chi connectivity index (χ3n) is 5.79. The van der Waals surface area contributed by atoms with Gasteiger partial charge in [-0.15, -0.1) is 0 Å². The van der Waals surface area contributed by atoms with Crippen LogP contribution in [0, 0.1) is 0 Å². The van der Waals surface area contributed by atoms with E-state index in [-0.39, 0.29) is 30.1 Å². The number of carbonyl (C=O) groups excluding carboxylic acids is 1. The molecule has 0 aromatic heterocycles. The van der Waals surface area contributed by atoms with Crippen LogP contribution in [-0.2, 0) is 16.6 Å². The second kappa shape index (κ2) is 7.50. The molecule has 1 aromatic carbocycles. The molecule has 1 heterocycles. The maximum Gasteiger partial charge on any atom is 0.322 e. The van der Waals surface area contributed by atoms with Gasteiger partial charge in [-0.25, -0.2) is 4.79 Å². The van der Waals surface area contributed by atoms with Crippen molar-refractivity contribution in [1.82, 2.24) is 10.2 Å². The summed E-state index contributed by atoms with van der Waals surface area (Å²) in [5.74, 6) is -0.798. The molecule has 0 bridgehead atoms. The fraction of sp³-hybridized carbons (Fsp3) is 0.619. The van der Waals surface area contributed by atoms with Crippen LogP contribution in [0.15, 0.2) is 18.2 Å². The van der Waals surface area contributed by atoms with E-state index in [1.807, 2.05) is 16.7 Å². The van der Waals surface area contributed by atoms with E-state index in [1.54, 1.807) is 0 Å². The van der Waals surface area contributed by atoms with Crippen molar-refractivity contribution in [2.75, 3.05) is 24.5 Å². The average molecular weight is 373 g/mol. The van der Waals surface area contributed by atoms with Crippen LogP contribution in [-0.4, -0.2) is 53.7 Å². The zero-order valence-electron chi connectivity index (χ0n) is 16.8. The molecule has 2 aliphatic rings. The van der Waals surface area contributed by atoms with Gasteiger partial charge in [0.2, 0.25) is 0 Å². The third kappa shape index (κ3) is 4.26. The minimum Gasteiger partial charge on any atom is -0.480 e. The number of anilines is 1. The molecule has 1 saturated carbocycles. The zero-order chi connectivity index (χ0) is 19.8. The standard InChI is InChI=1S/C21H31N3O3/c1-5-23(13-19(25)26)17-11-16(12-17)22-20(27)24-9-8-14-10-15(21(2,3)4)6-7-18(14)24/h6-7,10,16-17H,5,8-9,11-13H2,1-4H3,(H,22,27)(H,25,26). The summed E-state index contributed by atoms with van der Waals surface area (Å²) in [6.45, 7) is 10.1. The second-order valence-corrected chi connectivity index (χ2v) is 8.72. The van der Waals surface area contributed by atoms with E-state index in [2.05, 4.69) is 44.3 Å². The Balaban J connectivity index is 1.56. The number of fused-ring (bicyclic) bond motifs is 1. The van der Waals surface area contributed by atoms with Gasteiger partial charge >= 0.3 is 12.0 Å². The van der Waals surface area contributed by atoms with Crippen LogP contribution in [0.5, 0.6) is 0 Å². The van der Waals surface area contributed by atoms with E-state index >= 15 is 0 Å². The highest BCUT2D eigenvalue weighted by Gasteiger charge is 2.36. The number of urea groups is 1. The van der Waals surface area contributed by atoms with Crippen LogP contribution in [0.2, 0.25) is 0 Å². The molecule has 0 saturated heterocycles. The van der Waals surface area contributed by atoms with Gasteiger partial charge in [-0.3, -0.25) is 14.6 Å². The van der Waals surface area contributed by atoms with Crippen LogP contribution in [0.25, 0.3) is 0 Å². The summed E-state index contributed by atoms with van der Waals surface area (Å²) in [6.07, 6.45) is 2.52. The third-order valence-corrected chi connectivity index (χ3v) is 5.79. The van der Waals surface area contributed by atoms with Gasteiger partial charge in [0.15, 0.2) is 0 Å². The Morgan fingerprint density at radius 3 is 2.59 bits per heavy atom. The molecule has 0 unspecified atom stereocenters. The molecule has 0 radical (unpaired) electrons. The summed E-state index contributed by atoms with van der Waals surface area (Å²) in [6, 6.07) is 6.75. The van der Waals surface area contributed by atoms with Crippen molar-refractivity contribution in [3.63, 3.8) is 0 Å². The molecule has 0 spiro atoms. The second-order valence-electron chi connectivity index (χ2n) is 8.72. The molecular formula is C21H31N3O3. The zero-order valence-corrected chi connectivity index (χ0v) is 16.8. The number of hydrogen-bond acceptors (Lipinski definition) is 3. The van der Waals surface area contributed by atoms with Crippen molar-refractivity contribution in [2.45, 2.75) is 64.5 Å². The van der Waals surface area contributed by atoms with Gasteiger partial charge in [0.05, 0.1) is 6.54 Å². The van der Waals surface area contributed by atoms with Gasteiger partial charge in [0, 0.05) is 24.3 Å². The van der Waals surface area contributed by atoms with Gasteiger partial charge < -0.3 is 10.4 Å². The summed E-state index contributed by atoms with van der Waals surface area (Å²) in [5.41, 5.74) is 3.65. The van der Waals surface area contributed by atoms with Gasteiger partial charge in [0.1, 0.15) is 0 Å². The van der Waals surface area contributed by atoms with Gasteiger partial charge in [-0.2, -0.15) is 0 Å². The van der Waals surface area contributed by atoms with Crippen molar-refractivity contribution < 1.29 is 14.7 Å². The fourth-order valence-corrected chi connectivity index (χ4v) is 4.01. The SMILES string of the molecule is CCN(CC(=O)O)C1CC(NC(=O)N2CCc3cc(C(C)(C)C)ccc32)C1. The maximum atomic E-state index is 12.7. The number of nitrogens with one attached hydrogen (secondary N) is 1. The van der Waals surface area contributed by atoms with Gasteiger partial charge in [-0.1, -0.05) is 39.8 Å². The molecule has 3 rings (SSSR count). The number of nitrogens with zero attached hydrogens (tertiary/aromatic N) is 2. The molecule has 27 heavy (non-hydrogen) atoms. The first-order valence-electron chi connectivity index (χ1n) is 9.86. The molecule has 6 heteroatoms. The monoisotopic (exact) mass is 373 g/mol. The Hall–Kier alpha value is -2.08. The summed E-state index contributed by atoms with van der Waals surface area (Å²) in [7, 11) is 0. The molecule has 6 nitrogen and oxygen atoms in total. The van der Waals surface area contributed by atoms with Crippen molar-refractivity contribution in [1.29, 1.82) is 0 Å². The molecule has 1 aliphatic carbocycles. The Morgan fingerprint density at radius 1 is 1.30 bits per heavy atom. The van der Waals surface area contributed by atoms with Gasteiger partial charge in [-0.05, 0) is 48.4 Å². The topological polar surface area (TPSA) is 72.9 Å². The molecular weight excluding hydrogens is 342 g/mol. The Bertz CT molecular complexity index is 720. The van der Waals surface area contributed by atoms with Crippen LogP contribution in [0.3, 0.4) is 0 Å². The molecule has 0 atom stereocenters. The summed E-state index contributed by atoms with van der Waals surface area (Å²) in [4.78, 5) is 27.5. The fourth-order valence-electron chi connectivity index (χ4n) is 4.01. The highest BCUT2D eigenvalue weighted by molar-refractivity contribution is 5.94. The molecule has 2 amide bonds. The minimum absolute atomic E-state index is 0.0398. The first-order chi connectivity index (χ1) is 12.7. The summed E-state index contributed by atoms with van der Waals surface area (Å²) in [5, 5.41) is 12.1. The van der Waals surface area contributed by atoms with E-state index in [0.717, 1.165) is 24.9 Å². The number of carboxylic acids is 1. The van der Waals surface area contributed by atoms with E-state index in [9.17, 15) is 9.59 Å². The lowest BCUT2D eigenvalue weighted by Gasteiger charge is -2.42. The van der Waals surface area contributed by atoms with Crippen LogP contribution >= 0.6 is 0 Å². The van der Waals surface area contributed by atoms with Crippen molar-refractivity contribution in [3.05, 3.63) is 29.3 Å². The highest BCUT2D eigenvalue weighted by Crippen LogP contribution is 2.33. The van der Waals surface area contributed by atoms with Gasteiger partial charge in [0.25, 0.3) is 0 Å². The lowest BCUT2D eigenvalue weighted by atomic mass is 9.85. The molecule has 148 valence electrons. The quantitative estimate of drug-likeness (QED) is 0.832. The number of carboxylic acid groups (broad SMARTS) is 1. The molecule has 2 N–H and O–H groups in total. The van der Waals surface area contributed by atoms with E-state index in [0.29, 0.717) is 13.1 Å². The smallest absolute Gasteiger partial charge is 0.322 e. The first kappa shape index (κ1) is 19.7. The Labute approximate surface area is 161 Å². The number of hydrogen-bond donors (Lipinski definition) is 2. The highest BCUT2D eigenvalue weighted by atomic mass is 16.4. The van der Waals surface area contributed by atoms with Crippen LogP contribution in [0.1, 0.15) is 51.7 Å². The number of aliphatic carboxylic acids is 1. The molecule has 1 aliphatic heterocycles. The first-order valence-corrected chi connectivity index (χ1v) is 9.86. The Kier molecular flexibility index (Phi) is 5.47. The van der Waals surface area contributed by atoms with Crippen molar-refractivity contribution >= 4 is 17.7 Å². The number of carbonyl (C=O) groups is 2. The lowest BCUT2D eigenvalue weighted by molar-refractivity contribution is -0.139. The molecule has 1 aromatic rings. The largest absolute Gasteiger partial charge is 0.480 e. The maximum absolute atomic E-state index is 12.7. The average Bonchev–Trinajstić information content (AvgIpc) is 2.98. The number of amides is 2. The predicted octanol–water partition coefficient (Wildman–Crippen LogP) is 2.99.